The third kappa shape index (κ3) is 52.7. The number of aliphatic hydroxyl groups is 1. The maximum absolute atomic E-state index is 12.9. The molecule has 0 fully saturated rings. The van der Waals surface area contributed by atoms with Gasteiger partial charge in [-0.15, -0.1) is 0 Å². The van der Waals surface area contributed by atoms with Gasteiger partial charge < -0.3 is 24.2 Å². The topological polar surface area (TPSA) is 155 Å². The molecule has 0 aromatic carbocycles. The van der Waals surface area contributed by atoms with Gasteiger partial charge in [-0.2, -0.15) is 0 Å². The smallest absolute Gasteiger partial charge is 0.462 e. The zero-order valence-electron chi connectivity index (χ0n) is 46.3. The molecule has 3 unspecified atom stereocenters. The highest BCUT2D eigenvalue weighted by Gasteiger charge is 2.28. The number of unbranched alkanes of at least 4 members (excludes halogenated alkanes) is 14. The van der Waals surface area contributed by atoms with E-state index in [9.17, 15) is 28.9 Å². The van der Waals surface area contributed by atoms with E-state index in [0.717, 1.165) is 154 Å². The molecule has 420 valence electrons. The van der Waals surface area contributed by atoms with Gasteiger partial charge in [0.1, 0.15) is 12.7 Å². The molecular weight excluding hydrogens is 952 g/mol. The summed E-state index contributed by atoms with van der Waals surface area (Å²) in [5.74, 6) is -1.54. The molecule has 0 radical (unpaired) electrons. The lowest BCUT2D eigenvalue weighted by Crippen LogP contribution is -2.30. The molecule has 0 aliphatic carbocycles. The summed E-state index contributed by atoms with van der Waals surface area (Å²) in [6.45, 7) is 4.21. The molecule has 0 spiro atoms. The molecule has 0 aromatic heterocycles. The van der Waals surface area contributed by atoms with Gasteiger partial charge in [-0.25, -0.2) is 4.57 Å². The zero-order valence-corrected chi connectivity index (χ0v) is 47.2. The van der Waals surface area contributed by atoms with Crippen LogP contribution in [0.15, 0.2) is 122 Å². The van der Waals surface area contributed by atoms with Gasteiger partial charge in [0.25, 0.3) is 0 Å². The molecule has 0 aliphatic rings. The van der Waals surface area contributed by atoms with Crippen molar-refractivity contribution in [2.24, 2.45) is 0 Å². The van der Waals surface area contributed by atoms with E-state index in [1.54, 1.807) is 0 Å². The standard InChI is InChI=1S/C62H101O11P/c1-4-7-10-13-16-19-22-25-27-28-29-30-32-34-36-39-42-45-48-51-60(64)69-55-59(73-62(66)53-50-47-44-41-38-35-31-26-23-20-17-14-11-8-5-2)57-71-74(67,68)70-56-58(54-63)72-61(65)52-49-46-43-40-37-33-24-21-18-15-12-9-6-3/h7-12,16-21,25-27,29-31,33,37,58-59,63H,4-6,13-15,22-24,28,32,34-36,38-57H2,1-3H3,(H,67,68)/b10-7-,11-8-,12-9-,19-16-,20-17-,21-18-,27-25-,30-29-,31-26-,37-33-. The second-order valence-corrected chi connectivity index (χ2v) is 19.8. The van der Waals surface area contributed by atoms with E-state index in [0.29, 0.717) is 19.3 Å². The van der Waals surface area contributed by atoms with Crippen molar-refractivity contribution in [1.29, 1.82) is 0 Å². The Kier molecular flexibility index (Phi) is 52.1. The Bertz CT molecular complexity index is 1700. The molecule has 0 aliphatic heterocycles. The minimum atomic E-state index is -4.77. The molecule has 0 heterocycles. The third-order valence-electron chi connectivity index (χ3n) is 11.4. The minimum Gasteiger partial charge on any atom is -0.462 e. The van der Waals surface area contributed by atoms with E-state index in [-0.39, 0.29) is 25.9 Å². The van der Waals surface area contributed by atoms with Crippen LogP contribution in [0.4, 0.5) is 0 Å². The van der Waals surface area contributed by atoms with Crippen LogP contribution in [0.1, 0.15) is 213 Å². The number of carbonyl (C=O) groups excluding carboxylic acids is 3. The van der Waals surface area contributed by atoms with Crippen molar-refractivity contribution >= 4 is 25.7 Å². The summed E-state index contributed by atoms with van der Waals surface area (Å²) in [7, 11) is -4.77. The molecule has 3 atom stereocenters. The Balaban J connectivity index is 4.81. The number of hydrogen-bond acceptors (Lipinski definition) is 10. The summed E-state index contributed by atoms with van der Waals surface area (Å²) in [4.78, 5) is 48.5. The molecule has 12 heteroatoms. The van der Waals surface area contributed by atoms with Gasteiger partial charge in [-0.1, -0.05) is 194 Å². The zero-order chi connectivity index (χ0) is 54.1. The number of allylic oxidation sites excluding steroid dienone is 20. The van der Waals surface area contributed by atoms with Crippen molar-refractivity contribution in [3.63, 3.8) is 0 Å². The Morgan fingerprint density at radius 1 is 0.378 bits per heavy atom. The summed E-state index contributed by atoms with van der Waals surface area (Å²) >= 11 is 0. The molecule has 0 saturated carbocycles. The highest BCUT2D eigenvalue weighted by molar-refractivity contribution is 7.47. The molecule has 0 aromatic rings. The second kappa shape index (κ2) is 55.1. The Morgan fingerprint density at radius 3 is 1.03 bits per heavy atom. The minimum absolute atomic E-state index is 0.134. The summed E-state index contributed by atoms with van der Waals surface area (Å²) in [6, 6.07) is 0. The first-order valence-corrected chi connectivity index (χ1v) is 29.9. The monoisotopic (exact) mass is 1050 g/mol. The van der Waals surface area contributed by atoms with E-state index in [1.807, 2.05) is 0 Å². The van der Waals surface area contributed by atoms with Gasteiger partial charge in [0, 0.05) is 19.3 Å². The van der Waals surface area contributed by atoms with E-state index >= 15 is 0 Å². The molecule has 0 bridgehead atoms. The maximum Gasteiger partial charge on any atom is 0.472 e. The Labute approximate surface area is 449 Å². The van der Waals surface area contributed by atoms with Crippen LogP contribution in [0.25, 0.3) is 0 Å². The quantitative estimate of drug-likeness (QED) is 0.0197. The number of phosphoric ester groups is 1. The van der Waals surface area contributed by atoms with Gasteiger partial charge in [0.05, 0.1) is 19.8 Å². The van der Waals surface area contributed by atoms with E-state index in [4.69, 9.17) is 23.3 Å². The Morgan fingerprint density at radius 2 is 0.662 bits per heavy atom. The number of carbonyl (C=O) groups is 3. The largest absolute Gasteiger partial charge is 0.472 e. The van der Waals surface area contributed by atoms with Crippen molar-refractivity contribution in [1.82, 2.24) is 0 Å². The number of esters is 3. The van der Waals surface area contributed by atoms with Crippen LogP contribution in [-0.2, 0) is 42.2 Å². The lowest BCUT2D eigenvalue weighted by atomic mass is 10.1. The number of ether oxygens (including phenoxy) is 3. The number of aliphatic hydroxyl groups excluding tert-OH is 1. The van der Waals surface area contributed by atoms with E-state index in [2.05, 4.69) is 142 Å². The van der Waals surface area contributed by atoms with Crippen molar-refractivity contribution in [2.45, 2.75) is 226 Å². The number of phosphoric acid groups is 1. The van der Waals surface area contributed by atoms with E-state index < -0.39 is 57.8 Å². The second-order valence-electron chi connectivity index (χ2n) is 18.3. The van der Waals surface area contributed by atoms with Crippen LogP contribution in [0.5, 0.6) is 0 Å². The predicted molar refractivity (Wildman–Crippen MR) is 306 cm³/mol. The maximum atomic E-state index is 12.9. The third-order valence-corrected chi connectivity index (χ3v) is 12.3. The van der Waals surface area contributed by atoms with Gasteiger partial charge >= 0.3 is 25.7 Å². The Hall–Kier alpha value is -4.12. The van der Waals surface area contributed by atoms with Crippen LogP contribution < -0.4 is 0 Å². The molecular formula is C62H101O11P. The molecule has 11 nitrogen and oxygen atoms in total. The lowest BCUT2D eigenvalue weighted by Gasteiger charge is -2.21. The fourth-order valence-electron chi connectivity index (χ4n) is 7.14. The molecule has 0 amide bonds. The average molecular weight is 1050 g/mol. The van der Waals surface area contributed by atoms with Gasteiger partial charge in [0.2, 0.25) is 0 Å². The van der Waals surface area contributed by atoms with Crippen molar-refractivity contribution in [3.8, 4) is 0 Å². The normalized spacial score (nSPS) is 14.3. The number of rotatable bonds is 51. The first-order chi connectivity index (χ1) is 36.2. The fourth-order valence-corrected chi connectivity index (χ4v) is 7.92. The van der Waals surface area contributed by atoms with Gasteiger partial charge in [0.15, 0.2) is 6.10 Å². The van der Waals surface area contributed by atoms with Crippen LogP contribution in [0.2, 0.25) is 0 Å². The SMILES string of the molecule is CC/C=C\C/C=C\C/C=C\C/C=C\CCCCCCCCC(=O)OCC(COP(=O)(O)OCC(CO)OC(=O)CCCCC/C=C\C/C=C\C/C=C\CC)OC(=O)CCCCCCC/C=C\C/C=C\C/C=C\CC. The molecule has 2 N–H and O–H groups in total. The van der Waals surface area contributed by atoms with Crippen LogP contribution in [-0.4, -0.2) is 66.5 Å². The molecule has 0 saturated heterocycles. The first-order valence-electron chi connectivity index (χ1n) is 28.4. The van der Waals surface area contributed by atoms with Crippen molar-refractivity contribution in [2.75, 3.05) is 26.4 Å². The average Bonchev–Trinajstić information content (AvgIpc) is 3.39. The fraction of sp³-hybridized carbons (Fsp3) is 0.629. The number of hydrogen-bond donors (Lipinski definition) is 2. The molecule has 0 rings (SSSR count). The van der Waals surface area contributed by atoms with Gasteiger partial charge in [-0.05, 0) is 122 Å². The van der Waals surface area contributed by atoms with Crippen LogP contribution in [0, 0.1) is 0 Å². The summed E-state index contributed by atoms with van der Waals surface area (Å²) in [6.07, 6.45) is 67.3. The van der Waals surface area contributed by atoms with E-state index in [1.165, 1.54) is 0 Å². The predicted octanol–water partition coefficient (Wildman–Crippen LogP) is 16.8. The van der Waals surface area contributed by atoms with Crippen molar-refractivity contribution < 1.29 is 52.2 Å². The summed E-state index contributed by atoms with van der Waals surface area (Å²) in [5.41, 5.74) is 0. The van der Waals surface area contributed by atoms with Crippen LogP contribution >= 0.6 is 7.82 Å². The summed E-state index contributed by atoms with van der Waals surface area (Å²) in [5, 5.41) is 9.80. The van der Waals surface area contributed by atoms with Crippen molar-refractivity contribution in [3.05, 3.63) is 122 Å². The van der Waals surface area contributed by atoms with Gasteiger partial charge in [-0.3, -0.25) is 23.4 Å². The van der Waals surface area contributed by atoms with Crippen LogP contribution in [0.3, 0.4) is 0 Å². The molecule has 74 heavy (non-hydrogen) atoms. The first kappa shape index (κ1) is 69.9. The lowest BCUT2D eigenvalue weighted by molar-refractivity contribution is -0.161. The highest BCUT2D eigenvalue weighted by Crippen LogP contribution is 2.43. The summed E-state index contributed by atoms with van der Waals surface area (Å²) < 4.78 is 39.4. The highest BCUT2D eigenvalue weighted by atomic mass is 31.2.